The van der Waals surface area contributed by atoms with Crippen molar-refractivity contribution in [3.63, 3.8) is 0 Å². The van der Waals surface area contributed by atoms with Gasteiger partial charge in [0.05, 0.1) is 17.8 Å². The van der Waals surface area contributed by atoms with Crippen LogP contribution in [0.2, 0.25) is 0 Å². The van der Waals surface area contributed by atoms with Gasteiger partial charge in [0.25, 0.3) is 0 Å². The first-order chi connectivity index (χ1) is 18.7. The molecule has 0 fully saturated rings. The summed E-state index contributed by atoms with van der Waals surface area (Å²) in [7, 11) is 0. The van der Waals surface area contributed by atoms with Crippen LogP contribution in [0.1, 0.15) is 93.6 Å². The summed E-state index contributed by atoms with van der Waals surface area (Å²) in [5.41, 5.74) is 6.73. The zero-order valence-corrected chi connectivity index (χ0v) is 25.7. The molecule has 9 heteroatoms. The van der Waals surface area contributed by atoms with E-state index in [1.807, 2.05) is 27.7 Å². The summed E-state index contributed by atoms with van der Waals surface area (Å²) in [6.45, 7) is 16.5. The van der Waals surface area contributed by atoms with Crippen LogP contribution in [-0.4, -0.2) is 42.1 Å². The molecule has 1 aromatic carbocycles. The number of carbonyl (C=O) groups excluding carboxylic acids is 4. The third-order valence-electron chi connectivity index (χ3n) is 7.07. The molecule has 0 aliphatic carbocycles. The summed E-state index contributed by atoms with van der Waals surface area (Å²) in [4.78, 5) is 50.2. The van der Waals surface area contributed by atoms with Crippen LogP contribution in [0, 0.1) is 23.7 Å². The monoisotopic (exact) mass is 563 g/mol. The van der Waals surface area contributed by atoms with Gasteiger partial charge in [0.15, 0.2) is 11.5 Å². The van der Waals surface area contributed by atoms with Gasteiger partial charge >= 0.3 is 23.9 Å². The van der Waals surface area contributed by atoms with Crippen LogP contribution in [0.15, 0.2) is 18.2 Å². The van der Waals surface area contributed by atoms with E-state index >= 15 is 0 Å². The molecule has 0 heterocycles. The number of ether oxygens (including phenoxy) is 4. The van der Waals surface area contributed by atoms with Gasteiger partial charge in [0, 0.05) is 0 Å². The Morgan fingerprint density at radius 2 is 1.18 bits per heavy atom. The largest absolute Gasteiger partial charge is 0.459 e. The fourth-order valence-corrected chi connectivity index (χ4v) is 3.73. The third kappa shape index (κ3) is 11.3. The minimum atomic E-state index is -1.03. The van der Waals surface area contributed by atoms with Gasteiger partial charge in [-0.2, -0.15) is 0 Å². The van der Waals surface area contributed by atoms with E-state index in [1.165, 1.54) is 6.07 Å². The van der Waals surface area contributed by atoms with Crippen LogP contribution >= 0.6 is 0 Å². The molecule has 0 spiro atoms. The van der Waals surface area contributed by atoms with E-state index in [4.69, 9.17) is 24.7 Å². The number of nitrogens with two attached hydrogens (primary N) is 1. The number of rotatable bonds is 16. The standard InChI is InChI=1S/C31H49NO8/c1-10-12-19(5)28(33)39-26-15-14-24(17-27(26)40-29(34)20(6)13-11-2)16-25(32)31(36)38-23(9)22(8)37-30(35)21(7)18(3)4/h14-15,17-23,25H,10-13,16,32H2,1-9H3/t19?,20?,21?,22-,23-,25-/m0/s1. The summed E-state index contributed by atoms with van der Waals surface area (Å²) in [5, 5.41) is 0. The lowest BCUT2D eigenvalue weighted by Crippen LogP contribution is -2.40. The van der Waals surface area contributed by atoms with Crippen molar-refractivity contribution in [1.82, 2.24) is 0 Å². The van der Waals surface area contributed by atoms with Gasteiger partial charge < -0.3 is 24.7 Å². The van der Waals surface area contributed by atoms with Crippen molar-refractivity contribution >= 4 is 23.9 Å². The molecule has 0 saturated carbocycles. The maximum absolute atomic E-state index is 12.7. The zero-order valence-electron chi connectivity index (χ0n) is 25.7. The van der Waals surface area contributed by atoms with E-state index in [0.29, 0.717) is 18.4 Å². The van der Waals surface area contributed by atoms with Crippen molar-refractivity contribution in [3.8, 4) is 11.5 Å². The second kappa shape index (κ2) is 17.0. The number of carbonyl (C=O) groups is 4. The second-order valence-corrected chi connectivity index (χ2v) is 11.1. The first kappa shape index (κ1) is 35.1. The first-order valence-electron chi connectivity index (χ1n) is 14.4. The van der Waals surface area contributed by atoms with Gasteiger partial charge in [-0.05, 0) is 56.7 Å². The topological polar surface area (TPSA) is 131 Å². The fourth-order valence-electron chi connectivity index (χ4n) is 3.73. The minimum absolute atomic E-state index is 0.0830. The van der Waals surface area contributed by atoms with Crippen molar-refractivity contribution < 1.29 is 38.1 Å². The smallest absolute Gasteiger partial charge is 0.323 e. The highest BCUT2D eigenvalue weighted by atomic mass is 16.6. The molecule has 3 unspecified atom stereocenters. The molecule has 40 heavy (non-hydrogen) atoms. The third-order valence-corrected chi connectivity index (χ3v) is 7.07. The van der Waals surface area contributed by atoms with Crippen molar-refractivity contribution in [1.29, 1.82) is 0 Å². The SMILES string of the molecule is CCCC(C)C(=O)Oc1ccc(C[C@H](N)C(=O)O[C@@H](C)[C@H](C)OC(=O)C(C)C(C)C)cc1OC(=O)C(C)CCC. The zero-order chi connectivity index (χ0) is 30.6. The van der Waals surface area contributed by atoms with Crippen LogP contribution in [0.4, 0.5) is 0 Å². The molecule has 226 valence electrons. The number of hydrogen-bond acceptors (Lipinski definition) is 9. The molecule has 9 nitrogen and oxygen atoms in total. The average molecular weight is 564 g/mol. The quantitative estimate of drug-likeness (QED) is 0.207. The fraction of sp³-hybridized carbons (Fsp3) is 0.677. The van der Waals surface area contributed by atoms with Gasteiger partial charge in [0.1, 0.15) is 18.2 Å². The van der Waals surface area contributed by atoms with Crippen molar-refractivity contribution in [2.75, 3.05) is 0 Å². The average Bonchev–Trinajstić information content (AvgIpc) is 2.89. The highest BCUT2D eigenvalue weighted by Gasteiger charge is 2.27. The second-order valence-electron chi connectivity index (χ2n) is 11.1. The maximum Gasteiger partial charge on any atom is 0.323 e. The molecular weight excluding hydrogens is 514 g/mol. The molecule has 0 bridgehead atoms. The van der Waals surface area contributed by atoms with E-state index in [9.17, 15) is 19.2 Å². The first-order valence-corrected chi connectivity index (χ1v) is 14.4. The lowest BCUT2D eigenvalue weighted by Gasteiger charge is -2.24. The minimum Gasteiger partial charge on any atom is -0.459 e. The van der Waals surface area contributed by atoms with Crippen LogP contribution in [-0.2, 0) is 35.1 Å². The van der Waals surface area contributed by atoms with Crippen molar-refractivity contribution in [2.45, 2.75) is 113 Å². The number of hydrogen-bond donors (Lipinski definition) is 1. The van der Waals surface area contributed by atoms with Gasteiger partial charge in [-0.3, -0.25) is 19.2 Å². The van der Waals surface area contributed by atoms with E-state index in [1.54, 1.807) is 46.8 Å². The van der Waals surface area contributed by atoms with Gasteiger partial charge in [-0.1, -0.05) is 67.4 Å². The Bertz CT molecular complexity index is 992. The molecule has 0 radical (unpaired) electrons. The molecule has 0 saturated heterocycles. The van der Waals surface area contributed by atoms with E-state index in [2.05, 4.69) is 0 Å². The summed E-state index contributed by atoms with van der Waals surface area (Å²) in [6.07, 6.45) is 1.70. The molecule has 0 aliphatic rings. The summed E-state index contributed by atoms with van der Waals surface area (Å²) < 4.78 is 22.1. The molecule has 0 aliphatic heterocycles. The predicted octanol–water partition coefficient (Wildman–Crippen LogP) is 5.40. The normalized spacial score (nSPS) is 15.8. The van der Waals surface area contributed by atoms with Gasteiger partial charge in [-0.25, -0.2) is 0 Å². The highest BCUT2D eigenvalue weighted by molar-refractivity contribution is 5.79. The maximum atomic E-state index is 12.7. The molecule has 2 N–H and O–H groups in total. The van der Waals surface area contributed by atoms with Crippen LogP contribution in [0.25, 0.3) is 0 Å². The molecule has 6 atom stereocenters. The van der Waals surface area contributed by atoms with Crippen molar-refractivity contribution in [2.24, 2.45) is 29.4 Å². The Morgan fingerprint density at radius 3 is 1.65 bits per heavy atom. The van der Waals surface area contributed by atoms with Gasteiger partial charge in [-0.15, -0.1) is 0 Å². The lowest BCUT2D eigenvalue weighted by molar-refractivity contribution is -0.169. The van der Waals surface area contributed by atoms with E-state index in [-0.39, 0.29) is 47.6 Å². The molecule has 0 amide bonds. The van der Waals surface area contributed by atoms with Crippen LogP contribution < -0.4 is 15.2 Å². The highest BCUT2D eigenvalue weighted by Crippen LogP contribution is 2.31. The van der Waals surface area contributed by atoms with Crippen LogP contribution in [0.3, 0.4) is 0 Å². The Labute approximate surface area is 239 Å². The molecule has 1 aromatic rings. The summed E-state index contributed by atoms with van der Waals surface area (Å²) >= 11 is 0. The molecule has 0 aromatic heterocycles. The molecular formula is C31H49NO8. The number of benzene rings is 1. The van der Waals surface area contributed by atoms with E-state index < -0.39 is 36.2 Å². The Kier molecular flexibility index (Phi) is 14.9. The van der Waals surface area contributed by atoms with Crippen LogP contribution in [0.5, 0.6) is 11.5 Å². The lowest BCUT2D eigenvalue weighted by atomic mass is 9.98. The Morgan fingerprint density at radius 1 is 0.700 bits per heavy atom. The summed E-state index contributed by atoms with van der Waals surface area (Å²) in [5.74, 6) is -2.45. The predicted molar refractivity (Wildman–Crippen MR) is 153 cm³/mol. The molecule has 1 rings (SSSR count). The Balaban J connectivity index is 2.99. The summed E-state index contributed by atoms with van der Waals surface area (Å²) in [6, 6.07) is 3.73. The van der Waals surface area contributed by atoms with E-state index in [0.717, 1.165) is 12.8 Å². The Hall–Kier alpha value is -2.94. The van der Waals surface area contributed by atoms with Gasteiger partial charge in [0.2, 0.25) is 0 Å². The van der Waals surface area contributed by atoms with Crippen molar-refractivity contribution in [3.05, 3.63) is 23.8 Å². The number of esters is 4.